The molecule has 100 valence electrons. The van der Waals surface area contributed by atoms with Crippen molar-refractivity contribution in [3.8, 4) is 0 Å². The van der Waals surface area contributed by atoms with Crippen LogP contribution in [-0.4, -0.2) is 6.54 Å². The van der Waals surface area contributed by atoms with Crippen LogP contribution in [0.2, 0.25) is 0 Å². The molecule has 0 atom stereocenters. The number of hydrogen-bond donors (Lipinski definition) is 1. The lowest BCUT2D eigenvalue weighted by Crippen LogP contribution is -2.23. The molecule has 2 nitrogen and oxygen atoms in total. The number of nitrogens with zero attached hydrogens (tertiary/aromatic N) is 1. The number of aryl methyl sites for hydroxylation is 1. The molecule has 2 rings (SSSR count). The highest BCUT2D eigenvalue weighted by Crippen LogP contribution is 2.21. The van der Waals surface area contributed by atoms with Crippen LogP contribution in [0.3, 0.4) is 0 Å². The second-order valence-electron chi connectivity index (χ2n) is 4.94. The summed E-state index contributed by atoms with van der Waals surface area (Å²) in [5.41, 5.74) is 10.6. The van der Waals surface area contributed by atoms with Gasteiger partial charge in [0, 0.05) is 24.5 Å². The van der Waals surface area contributed by atoms with Crippen LogP contribution in [0.1, 0.15) is 24.5 Å². The Bertz CT molecular complexity index is 534. The quantitative estimate of drug-likeness (QED) is 0.817. The van der Waals surface area contributed by atoms with Crippen LogP contribution in [-0.2, 0) is 6.54 Å². The summed E-state index contributed by atoms with van der Waals surface area (Å²) >= 11 is 0. The largest absolute Gasteiger partial charge is 0.399 e. The average Bonchev–Trinajstić information content (AvgIpc) is 2.40. The lowest BCUT2D eigenvalue weighted by Gasteiger charge is -2.25. The summed E-state index contributed by atoms with van der Waals surface area (Å²) in [5.74, 6) is 0. The maximum atomic E-state index is 5.89. The lowest BCUT2D eigenvalue weighted by molar-refractivity contribution is 0.765. The zero-order valence-corrected chi connectivity index (χ0v) is 11.8. The van der Waals surface area contributed by atoms with E-state index in [0.29, 0.717) is 0 Å². The van der Waals surface area contributed by atoms with Crippen molar-refractivity contribution in [2.75, 3.05) is 17.2 Å². The maximum Gasteiger partial charge on any atom is 0.0432 e. The van der Waals surface area contributed by atoms with Crippen LogP contribution in [0.4, 0.5) is 11.4 Å². The zero-order chi connectivity index (χ0) is 13.7. The first-order valence-electron chi connectivity index (χ1n) is 6.85. The molecule has 0 spiro atoms. The van der Waals surface area contributed by atoms with E-state index < -0.39 is 0 Å². The molecule has 0 heterocycles. The third kappa shape index (κ3) is 3.50. The van der Waals surface area contributed by atoms with Gasteiger partial charge in [0.2, 0.25) is 0 Å². The first-order chi connectivity index (χ1) is 9.20. The van der Waals surface area contributed by atoms with Crippen LogP contribution >= 0.6 is 0 Å². The molecule has 19 heavy (non-hydrogen) atoms. The average molecular weight is 254 g/mol. The van der Waals surface area contributed by atoms with Crippen molar-refractivity contribution >= 4 is 11.4 Å². The molecule has 2 N–H and O–H groups in total. The molecule has 0 radical (unpaired) electrons. The highest BCUT2D eigenvalue weighted by atomic mass is 15.1. The van der Waals surface area contributed by atoms with Crippen LogP contribution < -0.4 is 10.6 Å². The third-order valence-corrected chi connectivity index (χ3v) is 3.35. The fourth-order valence-electron chi connectivity index (χ4n) is 2.28. The summed E-state index contributed by atoms with van der Waals surface area (Å²) in [7, 11) is 0. The Morgan fingerprint density at radius 1 is 1.05 bits per heavy atom. The molecule has 2 aromatic carbocycles. The Balaban J connectivity index is 2.24. The number of benzene rings is 2. The molecule has 0 fully saturated rings. The van der Waals surface area contributed by atoms with E-state index in [9.17, 15) is 0 Å². The van der Waals surface area contributed by atoms with Gasteiger partial charge in [-0.15, -0.1) is 0 Å². The Hall–Kier alpha value is -1.96. The summed E-state index contributed by atoms with van der Waals surface area (Å²) in [6.45, 7) is 6.34. The fourth-order valence-corrected chi connectivity index (χ4v) is 2.28. The van der Waals surface area contributed by atoms with Gasteiger partial charge in [0.25, 0.3) is 0 Å². The van der Waals surface area contributed by atoms with Gasteiger partial charge >= 0.3 is 0 Å². The van der Waals surface area contributed by atoms with Crippen molar-refractivity contribution in [3.63, 3.8) is 0 Å². The van der Waals surface area contributed by atoms with Gasteiger partial charge < -0.3 is 10.6 Å². The molecular formula is C17H22N2. The van der Waals surface area contributed by atoms with E-state index in [1.807, 2.05) is 18.2 Å². The van der Waals surface area contributed by atoms with E-state index >= 15 is 0 Å². The summed E-state index contributed by atoms with van der Waals surface area (Å²) in [4.78, 5) is 2.39. The molecule has 0 saturated heterocycles. The highest BCUT2D eigenvalue weighted by Gasteiger charge is 2.08. The molecule has 0 aliphatic heterocycles. The van der Waals surface area contributed by atoms with Crippen LogP contribution in [0.25, 0.3) is 0 Å². The summed E-state index contributed by atoms with van der Waals surface area (Å²) in [6.07, 6.45) is 1.13. The molecule has 2 aromatic rings. The first-order valence-corrected chi connectivity index (χ1v) is 6.85. The van der Waals surface area contributed by atoms with E-state index in [1.165, 1.54) is 16.8 Å². The Kier molecular flexibility index (Phi) is 4.45. The normalized spacial score (nSPS) is 10.4. The predicted octanol–water partition coefficient (Wildman–Crippen LogP) is 3.99. The van der Waals surface area contributed by atoms with Gasteiger partial charge in [0.1, 0.15) is 0 Å². The first kappa shape index (κ1) is 13.5. The Labute approximate surface area is 115 Å². The third-order valence-electron chi connectivity index (χ3n) is 3.35. The van der Waals surface area contributed by atoms with Crippen LogP contribution in [0.15, 0.2) is 48.5 Å². The monoisotopic (exact) mass is 254 g/mol. The smallest absolute Gasteiger partial charge is 0.0432 e. The topological polar surface area (TPSA) is 29.3 Å². The fraction of sp³-hybridized carbons (Fsp3) is 0.294. The second-order valence-corrected chi connectivity index (χ2v) is 4.94. The summed E-state index contributed by atoms with van der Waals surface area (Å²) < 4.78 is 0. The second kappa shape index (κ2) is 6.28. The number of hydrogen-bond acceptors (Lipinski definition) is 2. The minimum atomic E-state index is 0.823. The molecule has 0 saturated carbocycles. The van der Waals surface area contributed by atoms with Crippen molar-refractivity contribution < 1.29 is 0 Å². The SMILES string of the molecule is CCCN(Cc1ccccc1C)c1cccc(N)c1. The van der Waals surface area contributed by atoms with Crippen molar-refractivity contribution in [2.24, 2.45) is 0 Å². The molecule has 0 aliphatic carbocycles. The molecule has 0 unspecified atom stereocenters. The number of rotatable bonds is 5. The Morgan fingerprint density at radius 3 is 2.53 bits per heavy atom. The molecular weight excluding hydrogens is 232 g/mol. The van der Waals surface area contributed by atoms with Gasteiger partial charge in [0.05, 0.1) is 0 Å². The van der Waals surface area contributed by atoms with E-state index in [4.69, 9.17) is 5.73 Å². The van der Waals surface area contributed by atoms with Crippen molar-refractivity contribution in [3.05, 3.63) is 59.7 Å². The van der Waals surface area contributed by atoms with Crippen molar-refractivity contribution in [2.45, 2.75) is 26.8 Å². The number of nitrogens with two attached hydrogens (primary N) is 1. The van der Waals surface area contributed by atoms with Crippen LogP contribution in [0, 0.1) is 6.92 Å². The van der Waals surface area contributed by atoms with E-state index in [0.717, 1.165) is 25.2 Å². The number of anilines is 2. The van der Waals surface area contributed by atoms with E-state index in [1.54, 1.807) is 0 Å². The lowest BCUT2D eigenvalue weighted by atomic mass is 10.1. The summed E-state index contributed by atoms with van der Waals surface area (Å²) in [6, 6.07) is 16.7. The van der Waals surface area contributed by atoms with E-state index in [-0.39, 0.29) is 0 Å². The molecule has 2 heteroatoms. The molecule has 0 aliphatic rings. The Morgan fingerprint density at radius 2 is 1.84 bits per heavy atom. The molecule has 0 amide bonds. The summed E-state index contributed by atoms with van der Waals surface area (Å²) in [5, 5.41) is 0. The standard InChI is InChI=1S/C17H22N2/c1-3-11-19(17-10-6-9-16(18)12-17)13-15-8-5-4-7-14(15)2/h4-10,12H,3,11,13,18H2,1-2H3. The minimum Gasteiger partial charge on any atom is -0.399 e. The van der Waals surface area contributed by atoms with Gasteiger partial charge in [-0.05, 0) is 42.7 Å². The predicted molar refractivity (Wildman–Crippen MR) is 83.4 cm³/mol. The van der Waals surface area contributed by atoms with Gasteiger partial charge in [-0.25, -0.2) is 0 Å². The van der Waals surface area contributed by atoms with E-state index in [2.05, 4.69) is 49.1 Å². The minimum absolute atomic E-state index is 0.823. The molecule has 0 aromatic heterocycles. The maximum absolute atomic E-state index is 5.89. The van der Waals surface area contributed by atoms with Crippen molar-refractivity contribution in [1.82, 2.24) is 0 Å². The molecule has 0 bridgehead atoms. The van der Waals surface area contributed by atoms with Crippen LogP contribution in [0.5, 0.6) is 0 Å². The van der Waals surface area contributed by atoms with Gasteiger partial charge in [0.15, 0.2) is 0 Å². The van der Waals surface area contributed by atoms with Gasteiger partial charge in [-0.2, -0.15) is 0 Å². The number of nitrogen functional groups attached to an aromatic ring is 1. The highest BCUT2D eigenvalue weighted by molar-refractivity contribution is 5.56. The van der Waals surface area contributed by atoms with Gasteiger partial charge in [-0.3, -0.25) is 0 Å². The van der Waals surface area contributed by atoms with Gasteiger partial charge in [-0.1, -0.05) is 37.3 Å². The van der Waals surface area contributed by atoms with Crippen molar-refractivity contribution in [1.29, 1.82) is 0 Å². The zero-order valence-electron chi connectivity index (χ0n) is 11.8.